The average molecular weight is 476 g/mol. The molecule has 0 aromatic heterocycles. The molecular formula is C25H41Cl2OTi-. The number of hydrogen-bond acceptors (Lipinski definition) is 1. The van der Waals surface area contributed by atoms with Gasteiger partial charge in [-0.3, -0.25) is 6.08 Å². The van der Waals surface area contributed by atoms with Gasteiger partial charge in [0, 0.05) is 21.7 Å². The summed E-state index contributed by atoms with van der Waals surface area (Å²) in [5.41, 5.74) is 7.85. The van der Waals surface area contributed by atoms with Crippen molar-refractivity contribution in [1.82, 2.24) is 0 Å². The Bertz CT molecular complexity index is 670. The van der Waals surface area contributed by atoms with Crippen LogP contribution in [0.25, 0.3) is 0 Å². The summed E-state index contributed by atoms with van der Waals surface area (Å²) in [4.78, 5) is 0. The van der Waals surface area contributed by atoms with Crippen molar-refractivity contribution in [2.75, 3.05) is 0 Å². The Hall–Kier alpha value is -0.206. The molecule has 0 saturated heterocycles. The van der Waals surface area contributed by atoms with Crippen LogP contribution in [-0.2, 0) is 34.6 Å². The number of aromatic hydroxyl groups is 1. The molecule has 1 N–H and O–H groups in total. The van der Waals surface area contributed by atoms with E-state index in [0.717, 1.165) is 24.0 Å². The third-order valence-corrected chi connectivity index (χ3v) is 5.23. The molecule has 0 amide bonds. The van der Waals surface area contributed by atoms with Gasteiger partial charge >= 0.3 is 0 Å². The van der Waals surface area contributed by atoms with Crippen LogP contribution in [-0.4, -0.2) is 5.11 Å². The molecular weight excluding hydrogens is 435 g/mol. The molecule has 0 radical (unpaired) electrons. The molecule has 0 spiro atoms. The smallest absolute Gasteiger partial charge is 0.121 e. The maximum Gasteiger partial charge on any atom is 0.121 e. The van der Waals surface area contributed by atoms with Crippen molar-refractivity contribution < 1.29 is 26.8 Å². The van der Waals surface area contributed by atoms with Crippen LogP contribution in [0.3, 0.4) is 0 Å². The van der Waals surface area contributed by atoms with Gasteiger partial charge in [0.15, 0.2) is 0 Å². The Morgan fingerprint density at radius 2 is 1.24 bits per heavy atom. The summed E-state index contributed by atoms with van der Waals surface area (Å²) < 4.78 is 0. The molecule has 0 aliphatic heterocycles. The van der Waals surface area contributed by atoms with E-state index in [1.807, 2.05) is 0 Å². The minimum Gasteiger partial charge on any atom is -0.507 e. The molecule has 0 bridgehead atoms. The van der Waals surface area contributed by atoms with Crippen molar-refractivity contribution in [3.05, 3.63) is 51.6 Å². The van der Waals surface area contributed by atoms with Gasteiger partial charge in [0.25, 0.3) is 0 Å². The quantitative estimate of drug-likeness (QED) is 0.344. The van der Waals surface area contributed by atoms with Crippen molar-refractivity contribution in [1.29, 1.82) is 0 Å². The normalized spacial score (nSPS) is 14.4. The number of allylic oxidation sites excluding steroid dienone is 4. The van der Waals surface area contributed by atoms with E-state index in [2.05, 4.69) is 87.4 Å². The molecule has 29 heavy (non-hydrogen) atoms. The van der Waals surface area contributed by atoms with E-state index < -0.39 is 0 Å². The summed E-state index contributed by atoms with van der Waals surface area (Å²) >= 11 is 0. The van der Waals surface area contributed by atoms with E-state index in [-0.39, 0.29) is 51.9 Å². The van der Waals surface area contributed by atoms with Gasteiger partial charge in [-0.25, -0.2) is 5.57 Å². The third-order valence-electron chi connectivity index (χ3n) is 5.23. The molecule has 4 heteroatoms. The molecule has 1 aromatic carbocycles. The molecule has 0 unspecified atom stereocenters. The molecule has 0 saturated carbocycles. The zero-order valence-corrected chi connectivity index (χ0v) is 23.2. The van der Waals surface area contributed by atoms with Crippen LogP contribution >= 0.6 is 24.8 Å². The number of rotatable bonds is 4. The fourth-order valence-electron chi connectivity index (χ4n) is 3.53. The van der Waals surface area contributed by atoms with Crippen LogP contribution in [0.4, 0.5) is 0 Å². The summed E-state index contributed by atoms with van der Waals surface area (Å²) in [5.74, 6) is 1.69. The Labute approximate surface area is 207 Å². The van der Waals surface area contributed by atoms with Crippen molar-refractivity contribution in [2.24, 2.45) is 17.3 Å². The first-order valence-electron chi connectivity index (χ1n) is 9.96. The summed E-state index contributed by atoms with van der Waals surface area (Å²) in [5, 5.41) is 10.2. The van der Waals surface area contributed by atoms with Crippen molar-refractivity contribution >= 4 is 24.8 Å². The first kappa shape index (κ1) is 33.4. The van der Waals surface area contributed by atoms with Crippen LogP contribution in [0.2, 0.25) is 0 Å². The Morgan fingerprint density at radius 1 is 0.862 bits per heavy atom. The van der Waals surface area contributed by atoms with Gasteiger partial charge in [-0.1, -0.05) is 78.5 Å². The predicted octanol–water partition coefficient (Wildman–Crippen LogP) is 8.05. The number of phenolic OH excluding ortho intramolecular Hbond substituents is 1. The zero-order chi connectivity index (χ0) is 20.2. The molecule has 1 aliphatic rings. The third kappa shape index (κ3) is 10.1. The fraction of sp³-hybridized carbons (Fsp3) is 0.600. The van der Waals surface area contributed by atoms with Crippen LogP contribution in [0, 0.1) is 30.3 Å². The SMILES string of the molecule is CC1=[C-]C(C)(C)C(C)=C1C.Cc1cc(CC(C)C)c(O)c(CC(C)C)c1.Cl.Cl.[Ti]. The molecule has 0 atom stereocenters. The van der Waals surface area contributed by atoms with Gasteiger partial charge in [0.2, 0.25) is 0 Å². The standard InChI is InChI=1S/C15H24O.C10H15.2ClH.Ti/c1-10(2)6-13-8-12(5)9-14(15(13)16)7-11(3)4;1-7-6-10(4,5)9(3)8(7)2;;;/h8-11,16H,6-7H2,1-5H3;1-5H3;2*1H;/q;-1;;;. The number of halogens is 2. The van der Waals surface area contributed by atoms with Crippen LogP contribution < -0.4 is 0 Å². The van der Waals surface area contributed by atoms with Crippen LogP contribution in [0.5, 0.6) is 5.75 Å². The molecule has 2 rings (SSSR count). The Kier molecular flexibility index (Phi) is 16.1. The summed E-state index contributed by atoms with van der Waals surface area (Å²) in [6.07, 6.45) is 5.35. The minimum atomic E-state index is 0. The van der Waals surface area contributed by atoms with E-state index in [0.29, 0.717) is 17.6 Å². The van der Waals surface area contributed by atoms with E-state index in [9.17, 15) is 5.11 Å². The van der Waals surface area contributed by atoms with Crippen LogP contribution in [0.15, 0.2) is 28.9 Å². The van der Waals surface area contributed by atoms with E-state index in [1.54, 1.807) is 0 Å². The van der Waals surface area contributed by atoms with Gasteiger partial charge in [-0.2, -0.15) is 11.1 Å². The molecule has 1 aromatic rings. The van der Waals surface area contributed by atoms with Gasteiger partial charge in [0.05, 0.1) is 0 Å². The number of aryl methyl sites for hydroxylation is 1. The van der Waals surface area contributed by atoms with Crippen molar-refractivity contribution in [3.8, 4) is 5.75 Å². The summed E-state index contributed by atoms with van der Waals surface area (Å²) in [7, 11) is 0. The number of hydrogen-bond donors (Lipinski definition) is 1. The fourth-order valence-corrected chi connectivity index (χ4v) is 3.53. The molecule has 166 valence electrons. The molecule has 1 aliphatic carbocycles. The van der Waals surface area contributed by atoms with Gasteiger partial charge in [-0.05, 0) is 42.7 Å². The number of benzene rings is 1. The second-order valence-corrected chi connectivity index (χ2v) is 9.25. The first-order chi connectivity index (χ1) is 11.8. The maximum absolute atomic E-state index is 10.2. The first-order valence-corrected chi connectivity index (χ1v) is 9.96. The molecule has 1 nitrogen and oxygen atoms in total. The maximum atomic E-state index is 10.2. The van der Waals surface area contributed by atoms with Crippen molar-refractivity contribution in [2.45, 2.75) is 82.1 Å². The molecule has 0 fully saturated rings. The monoisotopic (exact) mass is 475 g/mol. The van der Waals surface area contributed by atoms with Gasteiger partial charge in [-0.15, -0.1) is 31.7 Å². The van der Waals surface area contributed by atoms with Crippen LogP contribution in [0.1, 0.15) is 79.0 Å². The average Bonchev–Trinajstić information content (AvgIpc) is 2.66. The minimum absolute atomic E-state index is 0. The Morgan fingerprint density at radius 3 is 1.45 bits per heavy atom. The van der Waals surface area contributed by atoms with E-state index >= 15 is 0 Å². The zero-order valence-electron chi connectivity index (χ0n) is 20.0. The van der Waals surface area contributed by atoms with Gasteiger partial charge in [0.1, 0.15) is 5.75 Å². The molecule has 0 heterocycles. The number of phenols is 1. The second kappa shape index (κ2) is 14.0. The predicted molar refractivity (Wildman–Crippen MR) is 129 cm³/mol. The van der Waals surface area contributed by atoms with E-state index in [1.165, 1.54) is 22.3 Å². The summed E-state index contributed by atoms with van der Waals surface area (Å²) in [6.45, 7) is 21.8. The summed E-state index contributed by atoms with van der Waals surface area (Å²) in [6, 6.07) is 4.22. The largest absolute Gasteiger partial charge is 0.507 e. The van der Waals surface area contributed by atoms with Gasteiger partial charge < -0.3 is 5.11 Å². The second-order valence-electron chi connectivity index (χ2n) is 9.25. The topological polar surface area (TPSA) is 20.2 Å². The van der Waals surface area contributed by atoms with Crippen molar-refractivity contribution in [3.63, 3.8) is 0 Å². The Balaban J connectivity index is -0.000000457. The van der Waals surface area contributed by atoms with E-state index in [4.69, 9.17) is 0 Å².